The molecule has 0 N–H and O–H groups in total. The zero-order valence-corrected chi connectivity index (χ0v) is 21.4. The van der Waals surface area contributed by atoms with Crippen molar-refractivity contribution in [1.29, 1.82) is 0 Å². The van der Waals surface area contributed by atoms with Gasteiger partial charge in [-0.3, -0.25) is 4.90 Å². The smallest absolute Gasteiger partial charge is 0.260 e. The predicted molar refractivity (Wildman–Crippen MR) is 136 cm³/mol. The first-order valence-corrected chi connectivity index (χ1v) is 12.8. The molecule has 4 rings (SSSR count). The first-order valence-electron chi connectivity index (χ1n) is 11.3. The molecule has 0 bridgehead atoms. The molecule has 0 aliphatic carbocycles. The largest absolute Gasteiger partial charge is 0.489 e. The summed E-state index contributed by atoms with van der Waals surface area (Å²) in [6.07, 6.45) is 1.88. The molecule has 0 spiro atoms. The van der Waals surface area contributed by atoms with Gasteiger partial charge in [-0.25, -0.2) is 18.2 Å². The van der Waals surface area contributed by atoms with E-state index in [4.69, 9.17) is 30.0 Å². The van der Waals surface area contributed by atoms with Crippen LogP contribution in [0.1, 0.15) is 11.1 Å². The van der Waals surface area contributed by atoms with E-state index in [1.807, 2.05) is 31.4 Å². The lowest BCUT2D eigenvalue weighted by Gasteiger charge is -2.40. The van der Waals surface area contributed by atoms with Crippen LogP contribution in [0.5, 0.6) is 11.5 Å². The molecule has 0 atom stereocenters. The van der Waals surface area contributed by atoms with Crippen LogP contribution >= 0.6 is 23.6 Å². The number of alkyl halides is 3. The van der Waals surface area contributed by atoms with Crippen LogP contribution in [0.25, 0.3) is 10.9 Å². The highest BCUT2D eigenvalue weighted by Gasteiger charge is 2.50. The maximum Gasteiger partial charge on any atom is 0.260 e. The molecule has 3 aromatic rings. The number of nitrogens with zero attached hydrogens (tertiary/aromatic N) is 2. The molecular weight excluding hydrogens is 517 g/mol. The van der Waals surface area contributed by atoms with E-state index in [2.05, 4.69) is 4.98 Å². The Kier molecular flexibility index (Phi) is 8.71. The molecule has 1 aromatic heterocycles. The first-order chi connectivity index (χ1) is 17.5. The molecule has 11 heteroatoms. The number of benzene rings is 2. The van der Waals surface area contributed by atoms with Crippen LogP contribution in [0.15, 0.2) is 36.4 Å². The van der Waals surface area contributed by atoms with Crippen molar-refractivity contribution in [2.24, 2.45) is 0 Å². The standard InChI is InChI=1S/C25H26ClF3N2O4S/c1-16-14-17(35-36-2)6-7-20(16)31-23-18-4-3-5-21(32-11-8-27)22(18)30-24(26)19(23)15-25(31,33-12-9-28)34-13-10-29/h3-7,14H,8-13,15H2,1-2H3. The highest BCUT2D eigenvalue weighted by molar-refractivity contribution is 7.94. The van der Waals surface area contributed by atoms with Gasteiger partial charge in [-0.05, 0) is 36.8 Å². The number of aryl methyl sites for hydroxylation is 1. The van der Waals surface area contributed by atoms with Gasteiger partial charge < -0.3 is 18.4 Å². The van der Waals surface area contributed by atoms with Gasteiger partial charge in [0.2, 0.25) is 0 Å². The quantitative estimate of drug-likeness (QED) is 0.147. The molecule has 0 saturated heterocycles. The second-order valence-corrected chi connectivity index (χ2v) is 8.78. The van der Waals surface area contributed by atoms with Gasteiger partial charge in [0, 0.05) is 22.9 Å². The van der Waals surface area contributed by atoms with Crippen molar-refractivity contribution in [3.63, 3.8) is 0 Å². The minimum atomic E-state index is -1.58. The van der Waals surface area contributed by atoms with Crippen molar-refractivity contribution in [2.75, 3.05) is 51.0 Å². The summed E-state index contributed by atoms with van der Waals surface area (Å²) in [5.74, 6) is -0.576. The fourth-order valence-corrected chi connectivity index (χ4v) is 4.94. The Hall–Kier alpha value is -2.40. The number of hydrogen-bond donors (Lipinski definition) is 0. The lowest BCUT2D eigenvalue weighted by atomic mass is 10.1. The molecule has 0 amide bonds. The van der Waals surface area contributed by atoms with Gasteiger partial charge >= 0.3 is 0 Å². The van der Waals surface area contributed by atoms with Gasteiger partial charge in [0.25, 0.3) is 5.91 Å². The van der Waals surface area contributed by atoms with E-state index in [9.17, 15) is 13.2 Å². The average Bonchev–Trinajstić information content (AvgIpc) is 3.21. The van der Waals surface area contributed by atoms with Crippen LogP contribution in [0, 0.1) is 6.92 Å². The number of anilines is 2. The van der Waals surface area contributed by atoms with Crippen LogP contribution in [0.2, 0.25) is 5.15 Å². The molecule has 0 radical (unpaired) electrons. The summed E-state index contributed by atoms with van der Waals surface area (Å²) in [7, 11) is 0. The van der Waals surface area contributed by atoms with E-state index < -0.39 is 25.9 Å². The lowest BCUT2D eigenvalue weighted by Crippen LogP contribution is -2.50. The summed E-state index contributed by atoms with van der Waals surface area (Å²) in [4.78, 5) is 6.29. The molecule has 2 heterocycles. The third-order valence-corrected chi connectivity index (χ3v) is 6.37. The van der Waals surface area contributed by atoms with E-state index in [1.54, 1.807) is 23.1 Å². The van der Waals surface area contributed by atoms with E-state index in [0.717, 1.165) is 5.56 Å². The average molecular weight is 543 g/mol. The van der Waals surface area contributed by atoms with Crippen LogP contribution < -0.4 is 13.8 Å². The molecule has 36 heavy (non-hydrogen) atoms. The number of fused-ring (bicyclic) bond motifs is 3. The maximum absolute atomic E-state index is 13.3. The molecular formula is C25H26ClF3N2O4S. The minimum absolute atomic E-state index is 0.0716. The molecule has 194 valence electrons. The van der Waals surface area contributed by atoms with E-state index >= 15 is 0 Å². The van der Waals surface area contributed by atoms with Crippen molar-refractivity contribution < 1.29 is 31.6 Å². The summed E-state index contributed by atoms with van der Waals surface area (Å²) < 4.78 is 62.6. The molecule has 6 nitrogen and oxygen atoms in total. The zero-order chi connectivity index (χ0) is 25.7. The number of pyridine rings is 1. The minimum Gasteiger partial charge on any atom is -0.489 e. The number of halogens is 4. The molecule has 0 saturated carbocycles. The van der Waals surface area contributed by atoms with Crippen molar-refractivity contribution in [2.45, 2.75) is 19.3 Å². The molecule has 1 aliphatic heterocycles. The van der Waals surface area contributed by atoms with E-state index in [-0.39, 0.29) is 31.4 Å². The van der Waals surface area contributed by atoms with Gasteiger partial charge in [-0.15, -0.1) is 0 Å². The molecule has 2 aromatic carbocycles. The Morgan fingerprint density at radius 1 is 1.06 bits per heavy atom. The number of para-hydroxylation sites is 1. The number of rotatable bonds is 12. The Morgan fingerprint density at radius 3 is 2.42 bits per heavy atom. The van der Waals surface area contributed by atoms with Gasteiger partial charge in [-0.1, -0.05) is 23.7 Å². The third kappa shape index (κ3) is 5.04. The monoisotopic (exact) mass is 542 g/mol. The highest BCUT2D eigenvalue weighted by Crippen LogP contribution is 2.52. The van der Waals surface area contributed by atoms with Crippen molar-refractivity contribution in [1.82, 2.24) is 4.98 Å². The van der Waals surface area contributed by atoms with Gasteiger partial charge in [-0.2, -0.15) is 0 Å². The molecule has 0 fully saturated rings. The fraction of sp³-hybridized carbons (Fsp3) is 0.400. The van der Waals surface area contributed by atoms with Crippen LogP contribution in [-0.2, 0) is 15.9 Å². The Bertz CT molecular complexity index is 1210. The zero-order valence-electron chi connectivity index (χ0n) is 19.9. The van der Waals surface area contributed by atoms with Crippen LogP contribution in [-0.4, -0.2) is 57.0 Å². The summed E-state index contributed by atoms with van der Waals surface area (Å²) in [5, 5.41) is 0.803. The van der Waals surface area contributed by atoms with E-state index in [0.29, 0.717) is 39.3 Å². The van der Waals surface area contributed by atoms with Gasteiger partial charge in [0.15, 0.2) is 0 Å². The Balaban J connectivity index is 1.98. The van der Waals surface area contributed by atoms with Crippen molar-refractivity contribution in [3.8, 4) is 11.5 Å². The van der Waals surface area contributed by atoms with Crippen LogP contribution in [0.4, 0.5) is 24.5 Å². The van der Waals surface area contributed by atoms with Crippen molar-refractivity contribution >= 4 is 45.9 Å². The summed E-state index contributed by atoms with van der Waals surface area (Å²) in [6, 6.07) is 10.7. The molecule has 0 unspecified atom stereocenters. The number of ether oxygens (including phenoxy) is 3. The van der Waals surface area contributed by atoms with Gasteiger partial charge in [0.1, 0.15) is 48.8 Å². The second kappa shape index (κ2) is 11.8. The summed E-state index contributed by atoms with van der Waals surface area (Å²) >= 11 is 7.87. The van der Waals surface area contributed by atoms with Crippen molar-refractivity contribution in [3.05, 3.63) is 52.7 Å². The maximum atomic E-state index is 13.3. The first kappa shape index (κ1) is 26.7. The Morgan fingerprint density at radius 2 is 1.78 bits per heavy atom. The Labute approximate surface area is 216 Å². The normalized spacial score (nSPS) is 14.3. The summed E-state index contributed by atoms with van der Waals surface area (Å²) in [5.41, 5.74) is 3.09. The fourth-order valence-electron chi connectivity index (χ4n) is 4.40. The van der Waals surface area contributed by atoms with Crippen LogP contribution in [0.3, 0.4) is 0 Å². The lowest BCUT2D eigenvalue weighted by molar-refractivity contribution is -0.229. The predicted octanol–water partition coefficient (Wildman–Crippen LogP) is 6.52. The third-order valence-electron chi connectivity index (χ3n) is 5.70. The van der Waals surface area contributed by atoms with Gasteiger partial charge in [0.05, 0.1) is 37.4 Å². The topological polar surface area (TPSA) is 53.1 Å². The number of hydrogen-bond acceptors (Lipinski definition) is 7. The molecule has 1 aliphatic rings. The van der Waals surface area contributed by atoms with E-state index in [1.165, 1.54) is 12.0 Å². The summed E-state index contributed by atoms with van der Waals surface area (Å²) in [6.45, 7) is -1.01. The number of aromatic nitrogens is 1. The SMILES string of the molecule is CSOc1ccc(N2c3c(c(Cl)nc4c(OCCF)cccc34)CC2(OCCF)OCCF)c(C)c1. The second-order valence-electron chi connectivity index (χ2n) is 7.92. The highest BCUT2D eigenvalue weighted by atomic mass is 35.5.